The van der Waals surface area contributed by atoms with E-state index in [0.29, 0.717) is 0 Å². The summed E-state index contributed by atoms with van der Waals surface area (Å²) in [5.74, 6) is 0. The van der Waals surface area contributed by atoms with E-state index in [1.165, 1.54) is 62.7 Å². The summed E-state index contributed by atoms with van der Waals surface area (Å²) in [4.78, 5) is 2.72. The van der Waals surface area contributed by atoms with E-state index in [0.717, 1.165) is 13.0 Å². The summed E-state index contributed by atoms with van der Waals surface area (Å²) in [5.41, 5.74) is 9.55. The first-order chi connectivity index (χ1) is 10.3. The second kappa shape index (κ2) is 7.95. The van der Waals surface area contributed by atoms with Gasteiger partial charge in [0, 0.05) is 12.1 Å². The average Bonchev–Trinajstić information content (AvgIpc) is 2.54. The van der Waals surface area contributed by atoms with Gasteiger partial charge in [-0.15, -0.1) is 0 Å². The van der Waals surface area contributed by atoms with Crippen LogP contribution in [0.1, 0.15) is 57.1 Å². The lowest BCUT2D eigenvalue weighted by Crippen LogP contribution is -2.57. The molecule has 21 heavy (non-hydrogen) atoms. The molecule has 2 N–H and O–H groups in total. The molecule has 0 aliphatic heterocycles. The van der Waals surface area contributed by atoms with Gasteiger partial charge in [-0.3, -0.25) is 4.90 Å². The lowest BCUT2D eigenvalue weighted by atomic mass is 9.76. The number of benzene rings is 1. The Morgan fingerprint density at radius 2 is 1.67 bits per heavy atom. The van der Waals surface area contributed by atoms with Crippen molar-refractivity contribution >= 4 is 0 Å². The van der Waals surface area contributed by atoms with Crippen molar-refractivity contribution in [3.63, 3.8) is 0 Å². The Morgan fingerprint density at radius 3 is 2.24 bits per heavy atom. The van der Waals surface area contributed by atoms with E-state index in [9.17, 15) is 0 Å². The summed E-state index contributed by atoms with van der Waals surface area (Å²) < 4.78 is 0. The predicted octanol–water partition coefficient (Wildman–Crippen LogP) is 3.78. The predicted molar refractivity (Wildman–Crippen MR) is 91.6 cm³/mol. The van der Waals surface area contributed by atoms with Gasteiger partial charge in [-0.2, -0.15) is 0 Å². The zero-order valence-electron chi connectivity index (χ0n) is 13.9. The summed E-state index contributed by atoms with van der Waals surface area (Å²) >= 11 is 0. The first-order valence-corrected chi connectivity index (χ1v) is 8.77. The molecule has 0 aromatic heterocycles. The molecule has 2 heteroatoms. The lowest BCUT2D eigenvalue weighted by Gasteiger charge is -2.47. The second-order valence-corrected chi connectivity index (χ2v) is 6.57. The van der Waals surface area contributed by atoms with Gasteiger partial charge in [0.05, 0.1) is 0 Å². The topological polar surface area (TPSA) is 29.3 Å². The molecule has 0 spiro atoms. The highest BCUT2D eigenvalue weighted by Crippen LogP contribution is 2.33. The molecule has 1 aliphatic carbocycles. The summed E-state index contributed by atoms with van der Waals surface area (Å²) in [6.45, 7) is 7.76. The minimum absolute atomic E-state index is 0.193. The monoisotopic (exact) mass is 288 g/mol. The minimum atomic E-state index is 0.193. The van der Waals surface area contributed by atoms with Gasteiger partial charge < -0.3 is 5.73 Å². The van der Waals surface area contributed by atoms with Gasteiger partial charge >= 0.3 is 0 Å². The third kappa shape index (κ3) is 3.87. The molecule has 1 aromatic carbocycles. The molecule has 0 heterocycles. The first-order valence-electron chi connectivity index (χ1n) is 8.77. The maximum Gasteiger partial charge on any atom is 0.0375 e. The molecular weight excluding hydrogens is 256 g/mol. The maximum atomic E-state index is 6.30. The van der Waals surface area contributed by atoms with Gasteiger partial charge in [-0.05, 0) is 56.3 Å². The van der Waals surface area contributed by atoms with Crippen LogP contribution in [0.3, 0.4) is 0 Å². The normalized spacial score (nSPS) is 21.5. The van der Waals surface area contributed by atoms with Crippen molar-refractivity contribution in [2.45, 2.75) is 64.3 Å². The van der Waals surface area contributed by atoms with Crippen molar-refractivity contribution in [2.24, 2.45) is 5.73 Å². The van der Waals surface area contributed by atoms with E-state index in [4.69, 9.17) is 5.73 Å². The molecule has 2 nitrogen and oxygen atoms in total. The number of nitrogens with two attached hydrogens (primary N) is 1. The molecule has 0 radical (unpaired) electrons. The van der Waals surface area contributed by atoms with Crippen molar-refractivity contribution in [2.75, 3.05) is 19.6 Å². The van der Waals surface area contributed by atoms with Gasteiger partial charge in [0.25, 0.3) is 0 Å². The Morgan fingerprint density at radius 1 is 1.05 bits per heavy atom. The highest BCUT2D eigenvalue weighted by atomic mass is 15.2. The van der Waals surface area contributed by atoms with E-state index in [2.05, 4.69) is 43.0 Å². The number of hydrogen-bond donors (Lipinski definition) is 1. The Bertz CT molecular complexity index is 421. The Balaban J connectivity index is 2.18. The van der Waals surface area contributed by atoms with E-state index < -0.39 is 0 Å². The molecule has 0 fully saturated rings. The number of rotatable bonds is 8. The van der Waals surface area contributed by atoms with E-state index in [-0.39, 0.29) is 5.54 Å². The van der Waals surface area contributed by atoms with Gasteiger partial charge in [-0.1, -0.05) is 51.0 Å². The fourth-order valence-electron chi connectivity index (χ4n) is 3.64. The summed E-state index contributed by atoms with van der Waals surface area (Å²) in [5, 5.41) is 0. The molecule has 0 amide bonds. The standard InChI is InChI=1S/C19H32N2/c1-3-5-13-21(14-6-4-2)19(16-20)12-11-17-9-7-8-10-18(17)15-19/h7-10H,3-6,11-16,20H2,1-2H3. The van der Waals surface area contributed by atoms with Crippen molar-refractivity contribution < 1.29 is 0 Å². The summed E-state index contributed by atoms with van der Waals surface area (Å²) in [6, 6.07) is 8.93. The molecule has 1 unspecified atom stereocenters. The SMILES string of the molecule is CCCCN(CCCC)C1(CN)CCc2ccccc2C1. The molecule has 1 aromatic rings. The second-order valence-electron chi connectivity index (χ2n) is 6.57. The van der Waals surface area contributed by atoms with Crippen LogP contribution < -0.4 is 5.73 Å². The number of unbranched alkanes of at least 4 members (excludes halogenated alkanes) is 2. The smallest absolute Gasteiger partial charge is 0.0375 e. The van der Waals surface area contributed by atoms with E-state index in [1.54, 1.807) is 0 Å². The highest BCUT2D eigenvalue weighted by molar-refractivity contribution is 5.32. The number of aryl methyl sites for hydroxylation is 1. The van der Waals surface area contributed by atoms with Gasteiger partial charge in [0.2, 0.25) is 0 Å². The number of fused-ring (bicyclic) bond motifs is 1. The minimum Gasteiger partial charge on any atom is -0.329 e. The number of nitrogens with zero attached hydrogens (tertiary/aromatic N) is 1. The molecule has 0 saturated carbocycles. The summed E-state index contributed by atoms with van der Waals surface area (Å²) in [7, 11) is 0. The van der Waals surface area contributed by atoms with E-state index >= 15 is 0 Å². The molecule has 0 bridgehead atoms. The fraction of sp³-hybridized carbons (Fsp3) is 0.684. The number of hydrogen-bond acceptors (Lipinski definition) is 2. The van der Waals surface area contributed by atoms with Crippen molar-refractivity contribution in [1.29, 1.82) is 0 Å². The zero-order chi connectivity index (χ0) is 15.1. The molecule has 1 aliphatic rings. The maximum absolute atomic E-state index is 6.30. The molecular formula is C19H32N2. The fourth-order valence-corrected chi connectivity index (χ4v) is 3.64. The molecule has 1 atom stereocenters. The highest BCUT2D eigenvalue weighted by Gasteiger charge is 2.37. The average molecular weight is 288 g/mol. The van der Waals surface area contributed by atoms with Crippen LogP contribution in [0.15, 0.2) is 24.3 Å². The van der Waals surface area contributed by atoms with Crippen LogP contribution in [-0.4, -0.2) is 30.1 Å². The van der Waals surface area contributed by atoms with Gasteiger partial charge in [0.15, 0.2) is 0 Å². The molecule has 0 saturated heterocycles. The van der Waals surface area contributed by atoms with Gasteiger partial charge in [0.1, 0.15) is 0 Å². The van der Waals surface area contributed by atoms with Crippen LogP contribution in [0.4, 0.5) is 0 Å². The Hall–Kier alpha value is -0.860. The Kier molecular flexibility index (Phi) is 6.25. The third-order valence-corrected chi connectivity index (χ3v) is 5.11. The zero-order valence-corrected chi connectivity index (χ0v) is 13.9. The van der Waals surface area contributed by atoms with Crippen LogP contribution in [0.5, 0.6) is 0 Å². The third-order valence-electron chi connectivity index (χ3n) is 5.11. The van der Waals surface area contributed by atoms with Crippen molar-refractivity contribution in [3.05, 3.63) is 35.4 Å². The van der Waals surface area contributed by atoms with Crippen molar-refractivity contribution in [3.8, 4) is 0 Å². The van der Waals surface area contributed by atoms with E-state index in [1.807, 2.05) is 0 Å². The lowest BCUT2D eigenvalue weighted by molar-refractivity contribution is 0.0757. The van der Waals surface area contributed by atoms with Crippen LogP contribution in [0.2, 0.25) is 0 Å². The summed E-state index contributed by atoms with van der Waals surface area (Å²) in [6.07, 6.45) is 8.63. The largest absolute Gasteiger partial charge is 0.329 e. The van der Waals surface area contributed by atoms with Crippen molar-refractivity contribution in [1.82, 2.24) is 4.90 Å². The quantitative estimate of drug-likeness (QED) is 0.789. The Labute approximate surface area is 130 Å². The van der Waals surface area contributed by atoms with Crippen LogP contribution in [-0.2, 0) is 12.8 Å². The van der Waals surface area contributed by atoms with Crippen LogP contribution in [0, 0.1) is 0 Å². The molecule has 118 valence electrons. The first kappa shape index (κ1) is 16.5. The van der Waals surface area contributed by atoms with Crippen LogP contribution >= 0.6 is 0 Å². The van der Waals surface area contributed by atoms with Crippen LogP contribution in [0.25, 0.3) is 0 Å². The molecule has 2 rings (SSSR count). The van der Waals surface area contributed by atoms with Gasteiger partial charge in [-0.25, -0.2) is 0 Å².